The Morgan fingerprint density at radius 1 is 1.33 bits per heavy atom. The van der Waals surface area contributed by atoms with Crippen LogP contribution in [0.15, 0.2) is 24.3 Å². The molecule has 1 aromatic carbocycles. The maximum Gasteiger partial charge on any atom is 0.407 e. The second-order valence-electron chi connectivity index (χ2n) is 5.58. The van der Waals surface area contributed by atoms with Gasteiger partial charge in [0.2, 0.25) is 5.91 Å². The lowest BCUT2D eigenvalue weighted by molar-refractivity contribution is -0.116. The van der Waals surface area contributed by atoms with E-state index in [1.807, 2.05) is 0 Å². The van der Waals surface area contributed by atoms with E-state index in [1.165, 1.54) is 30.0 Å². The molecule has 0 bridgehead atoms. The molecule has 0 aliphatic carbocycles. The zero-order valence-electron chi connectivity index (χ0n) is 12.8. The van der Waals surface area contributed by atoms with E-state index in [0.717, 1.165) is 0 Å². The summed E-state index contributed by atoms with van der Waals surface area (Å²) in [6.45, 7) is 7.13. The van der Waals surface area contributed by atoms with Gasteiger partial charge in [-0.25, -0.2) is 9.18 Å². The molecule has 1 N–H and O–H groups in total. The highest BCUT2D eigenvalue weighted by Gasteiger charge is 2.17. The first kappa shape index (κ1) is 16.9. The number of halogens is 1. The van der Waals surface area contributed by atoms with Gasteiger partial charge in [-0.3, -0.25) is 4.79 Å². The standard InChI is InChI=1S/C15H21FN2O3/c1-11(19)18(13-7-5-6-12(16)10-13)9-8-17-14(20)21-15(2,3)4/h5-7,10H,8-9H2,1-4H3,(H,17,20). The van der Waals surface area contributed by atoms with Crippen LogP contribution in [0.5, 0.6) is 0 Å². The summed E-state index contributed by atoms with van der Waals surface area (Å²) in [6.07, 6.45) is -0.551. The number of hydrogen-bond donors (Lipinski definition) is 1. The molecule has 0 radical (unpaired) electrons. The summed E-state index contributed by atoms with van der Waals surface area (Å²) in [6, 6.07) is 5.75. The Morgan fingerprint density at radius 2 is 2.00 bits per heavy atom. The van der Waals surface area contributed by atoms with Crippen LogP contribution in [0.1, 0.15) is 27.7 Å². The molecule has 1 rings (SSSR count). The largest absolute Gasteiger partial charge is 0.444 e. The minimum Gasteiger partial charge on any atom is -0.444 e. The van der Waals surface area contributed by atoms with Gasteiger partial charge in [0.15, 0.2) is 0 Å². The average molecular weight is 296 g/mol. The second-order valence-corrected chi connectivity index (χ2v) is 5.58. The average Bonchev–Trinajstić information content (AvgIpc) is 2.31. The van der Waals surface area contributed by atoms with Crippen LogP contribution in [0, 0.1) is 5.82 Å². The van der Waals surface area contributed by atoms with Crippen molar-refractivity contribution in [3.63, 3.8) is 0 Å². The van der Waals surface area contributed by atoms with Crippen LogP contribution < -0.4 is 10.2 Å². The predicted octanol–water partition coefficient (Wildman–Crippen LogP) is 2.70. The molecule has 6 heteroatoms. The Balaban J connectivity index is 2.57. The van der Waals surface area contributed by atoms with E-state index in [9.17, 15) is 14.0 Å². The van der Waals surface area contributed by atoms with Crippen LogP contribution in [0.3, 0.4) is 0 Å². The lowest BCUT2D eigenvalue weighted by Crippen LogP contribution is -2.39. The van der Waals surface area contributed by atoms with E-state index < -0.39 is 17.5 Å². The van der Waals surface area contributed by atoms with Gasteiger partial charge in [0.25, 0.3) is 0 Å². The number of benzene rings is 1. The van der Waals surface area contributed by atoms with Crippen LogP contribution in [0.25, 0.3) is 0 Å². The second kappa shape index (κ2) is 7.06. The molecule has 2 amide bonds. The molecule has 0 heterocycles. The van der Waals surface area contributed by atoms with E-state index >= 15 is 0 Å². The van der Waals surface area contributed by atoms with Gasteiger partial charge in [-0.05, 0) is 39.0 Å². The summed E-state index contributed by atoms with van der Waals surface area (Å²) in [7, 11) is 0. The number of nitrogens with one attached hydrogen (secondary N) is 1. The van der Waals surface area contributed by atoms with Crippen LogP contribution in [0.4, 0.5) is 14.9 Å². The van der Waals surface area contributed by atoms with E-state index in [2.05, 4.69) is 5.32 Å². The Bertz CT molecular complexity index is 512. The van der Waals surface area contributed by atoms with E-state index in [1.54, 1.807) is 26.8 Å². The van der Waals surface area contributed by atoms with E-state index in [-0.39, 0.29) is 19.0 Å². The topological polar surface area (TPSA) is 58.6 Å². The van der Waals surface area contributed by atoms with E-state index in [0.29, 0.717) is 5.69 Å². The van der Waals surface area contributed by atoms with Crippen molar-refractivity contribution in [1.29, 1.82) is 0 Å². The zero-order chi connectivity index (χ0) is 16.0. The Morgan fingerprint density at radius 3 is 2.52 bits per heavy atom. The first-order chi connectivity index (χ1) is 9.69. The summed E-state index contributed by atoms with van der Waals surface area (Å²) in [4.78, 5) is 24.5. The van der Waals surface area contributed by atoms with E-state index in [4.69, 9.17) is 4.74 Å². The smallest absolute Gasteiger partial charge is 0.407 e. The first-order valence-electron chi connectivity index (χ1n) is 6.69. The summed E-state index contributed by atoms with van der Waals surface area (Å²) < 4.78 is 18.3. The number of alkyl carbamates (subject to hydrolysis) is 1. The van der Waals surface area contributed by atoms with Crippen molar-refractivity contribution >= 4 is 17.7 Å². The predicted molar refractivity (Wildman–Crippen MR) is 78.7 cm³/mol. The number of hydrogen-bond acceptors (Lipinski definition) is 3. The molecule has 0 fully saturated rings. The molecule has 1 aromatic rings. The molecule has 116 valence electrons. The Labute approximate surface area is 124 Å². The van der Waals surface area contributed by atoms with Gasteiger partial charge >= 0.3 is 6.09 Å². The number of rotatable bonds is 4. The summed E-state index contributed by atoms with van der Waals surface area (Å²) in [5.41, 5.74) is -0.124. The highest BCUT2D eigenvalue weighted by atomic mass is 19.1. The SMILES string of the molecule is CC(=O)N(CCNC(=O)OC(C)(C)C)c1cccc(F)c1. The molecular formula is C15H21FN2O3. The molecule has 0 aromatic heterocycles. The molecule has 0 aliphatic heterocycles. The summed E-state index contributed by atoms with van der Waals surface area (Å²) in [5.74, 6) is -0.648. The van der Waals surface area contributed by atoms with Crippen LogP contribution in [-0.4, -0.2) is 30.7 Å². The minimum atomic E-state index is -0.576. The first-order valence-corrected chi connectivity index (χ1v) is 6.69. The molecule has 0 atom stereocenters. The molecule has 0 unspecified atom stereocenters. The lowest BCUT2D eigenvalue weighted by Gasteiger charge is -2.23. The molecule has 5 nitrogen and oxygen atoms in total. The monoisotopic (exact) mass is 296 g/mol. The van der Waals surface area contributed by atoms with Gasteiger partial charge in [-0.15, -0.1) is 0 Å². The summed E-state index contributed by atoms with van der Waals surface area (Å²) >= 11 is 0. The lowest BCUT2D eigenvalue weighted by atomic mass is 10.2. The van der Waals surface area contributed by atoms with Gasteiger partial charge in [0, 0.05) is 25.7 Å². The molecule has 0 saturated carbocycles. The van der Waals surface area contributed by atoms with Crippen molar-refractivity contribution in [2.45, 2.75) is 33.3 Å². The van der Waals surface area contributed by atoms with Crippen molar-refractivity contribution in [3.05, 3.63) is 30.1 Å². The quantitative estimate of drug-likeness (QED) is 0.929. The van der Waals surface area contributed by atoms with Gasteiger partial charge < -0.3 is 15.0 Å². The number of carbonyl (C=O) groups is 2. The normalized spacial score (nSPS) is 10.9. The molecular weight excluding hydrogens is 275 g/mol. The van der Waals surface area contributed by atoms with Gasteiger partial charge in [0.05, 0.1) is 0 Å². The van der Waals surface area contributed by atoms with Gasteiger partial charge in [0.1, 0.15) is 11.4 Å². The highest BCUT2D eigenvalue weighted by molar-refractivity contribution is 5.91. The number of amides is 2. The fourth-order valence-electron chi connectivity index (χ4n) is 1.70. The molecule has 21 heavy (non-hydrogen) atoms. The van der Waals surface area contributed by atoms with Crippen molar-refractivity contribution in [2.24, 2.45) is 0 Å². The van der Waals surface area contributed by atoms with Crippen LogP contribution >= 0.6 is 0 Å². The van der Waals surface area contributed by atoms with Crippen molar-refractivity contribution in [3.8, 4) is 0 Å². The third-order valence-corrected chi connectivity index (χ3v) is 2.50. The van der Waals surface area contributed by atoms with Crippen LogP contribution in [-0.2, 0) is 9.53 Å². The van der Waals surface area contributed by atoms with Gasteiger partial charge in [-0.2, -0.15) is 0 Å². The van der Waals surface area contributed by atoms with Crippen molar-refractivity contribution < 1.29 is 18.7 Å². The number of ether oxygens (including phenoxy) is 1. The van der Waals surface area contributed by atoms with Gasteiger partial charge in [-0.1, -0.05) is 6.07 Å². The number of nitrogens with zero attached hydrogens (tertiary/aromatic N) is 1. The minimum absolute atomic E-state index is 0.213. The van der Waals surface area contributed by atoms with Crippen molar-refractivity contribution in [1.82, 2.24) is 5.32 Å². The van der Waals surface area contributed by atoms with Crippen LogP contribution in [0.2, 0.25) is 0 Å². The fraction of sp³-hybridized carbons (Fsp3) is 0.467. The third-order valence-electron chi connectivity index (χ3n) is 2.50. The maximum absolute atomic E-state index is 13.2. The number of anilines is 1. The molecule has 0 aliphatic rings. The Kier molecular flexibility index (Phi) is 5.69. The summed E-state index contributed by atoms with van der Waals surface area (Å²) in [5, 5.41) is 2.56. The maximum atomic E-state index is 13.2. The molecule has 0 saturated heterocycles. The number of carbonyl (C=O) groups excluding carboxylic acids is 2. The highest BCUT2D eigenvalue weighted by Crippen LogP contribution is 2.15. The zero-order valence-corrected chi connectivity index (χ0v) is 12.8. The fourth-order valence-corrected chi connectivity index (χ4v) is 1.70. The Hall–Kier alpha value is -2.11. The third kappa shape index (κ3) is 6.25. The molecule has 0 spiro atoms. The van der Waals surface area contributed by atoms with Crippen molar-refractivity contribution in [2.75, 3.05) is 18.0 Å².